The first kappa shape index (κ1) is 21.2. The zero-order valence-corrected chi connectivity index (χ0v) is 17.3. The summed E-state index contributed by atoms with van der Waals surface area (Å²) in [5.41, 5.74) is -2.23. The van der Waals surface area contributed by atoms with Crippen LogP contribution in [0.25, 0.3) is 22.3 Å². The molecule has 1 atom stereocenters. The number of hydrogen-bond acceptors (Lipinski definition) is 8. The Morgan fingerprint density at radius 2 is 2.00 bits per heavy atom. The van der Waals surface area contributed by atoms with Gasteiger partial charge in [-0.15, -0.1) is 15.3 Å². The predicted molar refractivity (Wildman–Crippen MR) is 108 cm³/mol. The van der Waals surface area contributed by atoms with E-state index in [0.29, 0.717) is 6.07 Å². The Morgan fingerprint density at radius 1 is 1.23 bits per heavy atom. The third-order valence-corrected chi connectivity index (χ3v) is 4.44. The zero-order chi connectivity index (χ0) is 27.1. The number of hydrogen-bond donors (Lipinski definition) is 2. The summed E-state index contributed by atoms with van der Waals surface area (Å²) in [7, 11) is 1.40. The molecule has 4 rings (SSSR count). The second-order valence-corrected chi connectivity index (χ2v) is 6.87. The van der Waals surface area contributed by atoms with Crippen molar-refractivity contribution < 1.29 is 34.2 Å². The van der Waals surface area contributed by atoms with Crippen molar-refractivity contribution in [2.24, 2.45) is 7.05 Å². The number of aryl methyl sites for hydroxylation is 1. The summed E-state index contributed by atoms with van der Waals surface area (Å²) in [5.74, 6) is -1.13. The fourth-order valence-electron chi connectivity index (χ4n) is 2.96. The van der Waals surface area contributed by atoms with E-state index >= 15 is 0 Å². The number of pyridine rings is 1. The van der Waals surface area contributed by atoms with Crippen LogP contribution in [0.15, 0.2) is 40.2 Å². The predicted octanol–water partition coefficient (Wildman–Crippen LogP) is 2.13. The number of aromatic nitrogens is 7. The van der Waals surface area contributed by atoms with Gasteiger partial charge in [0.1, 0.15) is 11.4 Å². The average Bonchev–Trinajstić information content (AvgIpc) is 3.11. The number of ether oxygens (including phenoxy) is 2. The monoisotopic (exact) mass is 501 g/mol. The van der Waals surface area contributed by atoms with Gasteiger partial charge in [0.25, 0.3) is 12.0 Å². The molecule has 184 valence electrons. The van der Waals surface area contributed by atoms with Crippen molar-refractivity contribution in [3.05, 3.63) is 57.1 Å². The molecule has 0 saturated heterocycles. The standard InChI is InChI=1S/C19H14F5N7O4/c1-31-15-9(5-11(28-29-15)10-6-26-18(33)27-16(10)32)17(30-31)35-13(14(20)21)12-4-8(2-3-25-12)34-7-19(22,23)24/h2-6,13-14H,7H2,1H3,(H2,26,27,32,33)/t13-/m1/s1/i7D2. The van der Waals surface area contributed by atoms with Gasteiger partial charge in [-0.25, -0.2) is 18.3 Å². The fraction of sp³-hybridized carbons (Fsp3) is 0.263. The minimum absolute atomic E-state index is 0.0320. The van der Waals surface area contributed by atoms with E-state index < -0.39 is 53.8 Å². The van der Waals surface area contributed by atoms with E-state index in [2.05, 4.69) is 30.0 Å². The highest BCUT2D eigenvalue weighted by molar-refractivity contribution is 5.84. The second kappa shape index (κ2) is 9.11. The SMILES string of the molecule is [2H]C([2H])(Oc1ccnc([C@@H](Oc2nn(C)c3nnc(-c4c[nH]c(=O)[nH]c4=O)cc23)C(F)F)c1)C(F)(F)F. The van der Waals surface area contributed by atoms with E-state index in [0.717, 1.165) is 23.1 Å². The molecule has 0 unspecified atom stereocenters. The molecule has 0 aliphatic rings. The number of halogens is 5. The third kappa shape index (κ3) is 5.25. The molecule has 0 aliphatic carbocycles. The Hall–Kier alpha value is -4.37. The molecule has 4 aromatic heterocycles. The lowest BCUT2D eigenvalue weighted by Crippen LogP contribution is -2.22. The molecule has 11 nitrogen and oxygen atoms in total. The minimum Gasteiger partial charge on any atom is -0.484 e. The lowest BCUT2D eigenvalue weighted by atomic mass is 10.2. The molecule has 16 heteroatoms. The van der Waals surface area contributed by atoms with Gasteiger partial charge >= 0.3 is 11.9 Å². The Balaban J connectivity index is 1.71. The molecule has 35 heavy (non-hydrogen) atoms. The number of nitrogens with zero attached hydrogens (tertiary/aromatic N) is 5. The van der Waals surface area contributed by atoms with Crippen LogP contribution in [-0.4, -0.2) is 54.1 Å². The maximum Gasteiger partial charge on any atom is 0.422 e. The van der Waals surface area contributed by atoms with E-state index in [4.69, 9.17) is 7.48 Å². The summed E-state index contributed by atoms with van der Waals surface area (Å²) >= 11 is 0. The molecular formula is C19H14F5N7O4. The number of fused-ring (bicyclic) bond motifs is 1. The van der Waals surface area contributed by atoms with Gasteiger partial charge in [0, 0.05) is 25.5 Å². The van der Waals surface area contributed by atoms with Gasteiger partial charge < -0.3 is 14.5 Å². The Morgan fingerprint density at radius 3 is 2.69 bits per heavy atom. The smallest absolute Gasteiger partial charge is 0.422 e. The van der Waals surface area contributed by atoms with Crippen LogP contribution >= 0.6 is 0 Å². The van der Waals surface area contributed by atoms with Crippen molar-refractivity contribution in [2.75, 3.05) is 6.56 Å². The molecule has 0 saturated carbocycles. The van der Waals surface area contributed by atoms with Crippen LogP contribution in [0, 0.1) is 0 Å². The highest BCUT2D eigenvalue weighted by Gasteiger charge is 2.31. The molecule has 2 N–H and O–H groups in total. The van der Waals surface area contributed by atoms with E-state index in [1.165, 1.54) is 13.1 Å². The van der Waals surface area contributed by atoms with Crippen LogP contribution in [0.2, 0.25) is 0 Å². The average molecular weight is 501 g/mol. The maximum absolute atomic E-state index is 14.0. The molecule has 0 amide bonds. The third-order valence-electron chi connectivity index (χ3n) is 4.44. The van der Waals surface area contributed by atoms with Crippen molar-refractivity contribution in [3.63, 3.8) is 0 Å². The molecule has 0 radical (unpaired) electrons. The largest absolute Gasteiger partial charge is 0.484 e. The van der Waals surface area contributed by atoms with Crippen LogP contribution in [0.4, 0.5) is 22.0 Å². The lowest BCUT2D eigenvalue weighted by Gasteiger charge is -2.17. The number of nitrogens with one attached hydrogen (secondary N) is 2. The lowest BCUT2D eigenvalue weighted by molar-refractivity contribution is -0.153. The van der Waals surface area contributed by atoms with Crippen LogP contribution < -0.4 is 20.7 Å². The summed E-state index contributed by atoms with van der Waals surface area (Å²) < 4.78 is 91.3. The van der Waals surface area contributed by atoms with Crippen LogP contribution in [0.1, 0.15) is 14.5 Å². The number of aromatic amines is 2. The van der Waals surface area contributed by atoms with Gasteiger partial charge in [0.2, 0.25) is 12.0 Å². The number of alkyl halides is 5. The van der Waals surface area contributed by atoms with Gasteiger partial charge in [-0.1, -0.05) is 0 Å². The van der Waals surface area contributed by atoms with E-state index in [-0.39, 0.29) is 22.3 Å². The molecule has 0 fully saturated rings. The number of rotatable bonds is 7. The highest BCUT2D eigenvalue weighted by atomic mass is 19.4. The van der Waals surface area contributed by atoms with Crippen molar-refractivity contribution in [2.45, 2.75) is 18.7 Å². The topological polar surface area (TPSA) is 141 Å². The van der Waals surface area contributed by atoms with Crippen molar-refractivity contribution >= 4 is 11.0 Å². The highest BCUT2D eigenvalue weighted by Crippen LogP contribution is 2.32. The van der Waals surface area contributed by atoms with Crippen molar-refractivity contribution in [1.29, 1.82) is 0 Å². The van der Waals surface area contributed by atoms with Gasteiger partial charge in [-0.2, -0.15) is 13.2 Å². The molecule has 0 aliphatic heterocycles. The summed E-state index contributed by atoms with van der Waals surface area (Å²) in [6, 6.07) is 2.78. The first-order chi connectivity index (χ1) is 17.3. The Labute approximate surface area is 193 Å². The molecule has 4 heterocycles. The van der Waals surface area contributed by atoms with Crippen LogP contribution in [0.3, 0.4) is 0 Å². The Bertz CT molecular complexity index is 1570. The normalized spacial score (nSPS) is 14.0. The molecule has 0 aromatic carbocycles. The Kier molecular flexibility index (Phi) is 5.51. The van der Waals surface area contributed by atoms with Gasteiger partial charge in [0.05, 0.1) is 19.4 Å². The van der Waals surface area contributed by atoms with Crippen molar-refractivity contribution in [3.8, 4) is 22.9 Å². The van der Waals surface area contributed by atoms with Crippen LogP contribution in [0.5, 0.6) is 11.6 Å². The van der Waals surface area contributed by atoms with Gasteiger partial charge in [-0.3, -0.25) is 14.8 Å². The molecular weight excluding hydrogens is 485 g/mol. The quantitative estimate of drug-likeness (QED) is 0.367. The molecule has 4 aromatic rings. The van der Waals surface area contributed by atoms with E-state index in [1.807, 2.05) is 4.98 Å². The van der Waals surface area contributed by atoms with E-state index in [1.54, 1.807) is 0 Å². The molecule has 0 bridgehead atoms. The fourth-order valence-corrected chi connectivity index (χ4v) is 2.96. The summed E-state index contributed by atoms with van der Waals surface area (Å²) in [6.07, 6.45) is -8.92. The van der Waals surface area contributed by atoms with E-state index in [9.17, 15) is 31.5 Å². The molecule has 0 spiro atoms. The zero-order valence-electron chi connectivity index (χ0n) is 19.3. The maximum atomic E-state index is 14.0. The summed E-state index contributed by atoms with van der Waals surface area (Å²) in [4.78, 5) is 31.3. The second-order valence-electron chi connectivity index (χ2n) is 6.87. The van der Waals surface area contributed by atoms with Crippen LogP contribution in [-0.2, 0) is 7.05 Å². The van der Waals surface area contributed by atoms with Gasteiger partial charge in [-0.05, 0) is 12.1 Å². The van der Waals surface area contributed by atoms with Gasteiger partial charge in [0.15, 0.2) is 12.2 Å². The summed E-state index contributed by atoms with van der Waals surface area (Å²) in [6.45, 7) is -4.10. The number of H-pyrrole nitrogens is 2. The first-order valence-corrected chi connectivity index (χ1v) is 9.46. The minimum atomic E-state index is -5.39. The first-order valence-electron chi connectivity index (χ1n) is 10.5. The summed E-state index contributed by atoms with van der Waals surface area (Å²) in [5, 5.41) is 11.8. The van der Waals surface area contributed by atoms with Crippen molar-refractivity contribution in [1.82, 2.24) is 34.9 Å².